The summed E-state index contributed by atoms with van der Waals surface area (Å²) in [6.07, 6.45) is 3.79. The van der Waals surface area contributed by atoms with E-state index in [0.29, 0.717) is 13.2 Å². The summed E-state index contributed by atoms with van der Waals surface area (Å²) in [6.45, 7) is 4.46. The van der Waals surface area contributed by atoms with Crippen molar-refractivity contribution in [1.82, 2.24) is 5.32 Å². The predicted octanol–water partition coefficient (Wildman–Crippen LogP) is 2.71. The number of fused-ring (bicyclic) bond motifs is 1. The number of methoxy groups -OCH3 is 1. The van der Waals surface area contributed by atoms with Gasteiger partial charge < -0.3 is 14.8 Å². The molecule has 0 saturated heterocycles. The normalized spacial score (nSPS) is 20.0. The molecule has 1 N–H and O–H groups in total. The molecule has 0 radical (unpaired) electrons. The van der Waals surface area contributed by atoms with Crippen LogP contribution in [0, 0.1) is 0 Å². The summed E-state index contributed by atoms with van der Waals surface area (Å²) < 4.78 is 11.4. The molecule has 1 aliphatic rings. The third kappa shape index (κ3) is 4.03. The lowest BCUT2D eigenvalue weighted by molar-refractivity contribution is 0.0118. The summed E-state index contributed by atoms with van der Waals surface area (Å²) in [6, 6.07) is 8.94. The molecule has 0 heterocycles. The van der Waals surface area contributed by atoms with Crippen LogP contribution in [0.4, 0.5) is 0 Å². The Hall–Kier alpha value is -0.900. The minimum absolute atomic E-state index is 0.253. The van der Waals surface area contributed by atoms with E-state index >= 15 is 0 Å². The molecular weight excluding hydrogens is 238 g/mol. The molecule has 0 amide bonds. The van der Waals surface area contributed by atoms with Crippen LogP contribution in [0.5, 0.6) is 0 Å². The van der Waals surface area contributed by atoms with Crippen molar-refractivity contribution in [3.05, 3.63) is 35.4 Å². The standard InChI is InChI=1S/C16H25NO2/c1-3-17-14(11-18-2)12-19-16-10-6-8-13-7-4-5-9-15(13)16/h4-5,7,9,14,16-17H,3,6,8,10-12H2,1-2H3. The first-order valence-corrected chi connectivity index (χ1v) is 7.26. The van der Waals surface area contributed by atoms with Crippen LogP contribution in [0.15, 0.2) is 24.3 Å². The highest BCUT2D eigenvalue weighted by molar-refractivity contribution is 5.31. The Balaban J connectivity index is 1.92. The Labute approximate surface area is 116 Å². The second-order valence-corrected chi connectivity index (χ2v) is 5.12. The molecule has 1 aliphatic carbocycles. The van der Waals surface area contributed by atoms with Crippen LogP contribution in [0.3, 0.4) is 0 Å². The number of likely N-dealkylation sites (N-methyl/N-ethyl adjacent to an activating group) is 1. The maximum atomic E-state index is 6.13. The van der Waals surface area contributed by atoms with Crippen molar-refractivity contribution >= 4 is 0 Å². The van der Waals surface area contributed by atoms with E-state index in [1.807, 2.05) is 0 Å². The van der Waals surface area contributed by atoms with E-state index in [4.69, 9.17) is 9.47 Å². The van der Waals surface area contributed by atoms with Gasteiger partial charge in [-0.3, -0.25) is 0 Å². The SMILES string of the molecule is CCNC(COC)COC1CCCc2ccccc21. The minimum Gasteiger partial charge on any atom is -0.383 e. The van der Waals surface area contributed by atoms with Crippen LogP contribution in [0.1, 0.15) is 37.0 Å². The molecule has 1 aromatic carbocycles. The highest BCUT2D eigenvalue weighted by atomic mass is 16.5. The molecule has 0 saturated carbocycles. The Morgan fingerprint density at radius 3 is 2.95 bits per heavy atom. The quantitative estimate of drug-likeness (QED) is 0.820. The van der Waals surface area contributed by atoms with Crippen molar-refractivity contribution < 1.29 is 9.47 Å². The zero-order valence-electron chi connectivity index (χ0n) is 12.0. The van der Waals surface area contributed by atoms with Crippen LogP contribution in [0.2, 0.25) is 0 Å². The van der Waals surface area contributed by atoms with Gasteiger partial charge in [0.25, 0.3) is 0 Å². The summed E-state index contributed by atoms with van der Waals surface area (Å²) in [4.78, 5) is 0. The summed E-state index contributed by atoms with van der Waals surface area (Å²) in [5.41, 5.74) is 2.83. The highest BCUT2D eigenvalue weighted by Gasteiger charge is 2.21. The van der Waals surface area contributed by atoms with Crippen molar-refractivity contribution in [2.24, 2.45) is 0 Å². The maximum Gasteiger partial charge on any atom is 0.0828 e. The lowest BCUT2D eigenvalue weighted by Crippen LogP contribution is -2.37. The Kier molecular flexibility index (Phi) is 5.83. The molecular formula is C16H25NO2. The van der Waals surface area contributed by atoms with Crippen LogP contribution in [0.25, 0.3) is 0 Å². The number of hydrogen-bond acceptors (Lipinski definition) is 3. The zero-order valence-corrected chi connectivity index (χ0v) is 12.0. The lowest BCUT2D eigenvalue weighted by atomic mass is 9.89. The number of rotatable bonds is 7. The maximum absolute atomic E-state index is 6.13. The van der Waals surface area contributed by atoms with Gasteiger partial charge in [-0.1, -0.05) is 31.2 Å². The molecule has 0 spiro atoms. The fourth-order valence-electron chi connectivity index (χ4n) is 2.77. The monoisotopic (exact) mass is 263 g/mol. The van der Waals surface area contributed by atoms with Gasteiger partial charge in [-0.2, -0.15) is 0 Å². The van der Waals surface area contributed by atoms with Gasteiger partial charge in [0, 0.05) is 7.11 Å². The van der Waals surface area contributed by atoms with Gasteiger partial charge in [-0.25, -0.2) is 0 Å². The molecule has 0 aromatic heterocycles. The van der Waals surface area contributed by atoms with Gasteiger partial charge in [0.2, 0.25) is 0 Å². The van der Waals surface area contributed by atoms with Gasteiger partial charge >= 0.3 is 0 Å². The molecule has 3 heteroatoms. The van der Waals surface area contributed by atoms with Gasteiger partial charge in [0.1, 0.15) is 0 Å². The van der Waals surface area contributed by atoms with Crippen molar-refractivity contribution in [2.45, 2.75) is 38.3 Å². The molecule has 2 unspecified atom stereocenters. The van der Waals surface area contributed by atoms with Crippen molar-refractivity contribution in [1.29, 1.82) is 0 Å². The van der Waals surface area contributed by atoms with E-state index in [1.165, 1.54) is 24.0 Å². The molecule has 0 aliphatic heterocycles. The van der Waals surface area contributed by atoms with Gasteiger partial charge in [0.15, 0.2) is 0 Å². The predicted molar refractivity (Wildman–Crippen MR) is 77.4 cm³/mol. The van der Waals surface area contributed by atoms with E-state index in [1.54, 1.807) is 7.11 Å². The summed E-state index contributed by atoms with van der Waals surface area (Å²) >= 11 is 0. The van der Waals surface area contributed by atoms with Crippen molar-refractivity contribution in [3.63, 3.8) is 0 Å². The first kappa shape index (κ1) is 14.5. The number of ether oxygens (including phenoxy) is 2. The molecule has 3 nitrogen and oxygen atoms in total. The smallest absolute Gasteiger partial charge is 0.0828 e. The molecule has 19 heavy (non-hydrogen) atoms. The third-order valence-electron chi connectivity index (χ3n) is 3.67. The fourth-order valence-corrected chi connectivity index (χ4v) is 2.77. The molecule has 0 bridgehead atoms. The first-order valence-electron chi connectivity index (χ1n) is 7.26. The number of hydrogen-bond donors (Lipinski definition) is 1. The van der Waals surface area contributed by atoms with Crippen molar-refractivity contribution in [3.8, 4) is 0 Å². The third-order valence-corrected chi connectivity index (χ3v) is 3.67. The Morgan fingerprint density at radius 2 is 2.16 bits per heavy atom. The number of benzene rings is 1. The average molecular weight is 263 g/mol. The largest absolute Gasteiger partial charge is 0.383 e. The summed E-state index contributed by atoms with van der Waals surface area (Å²) in [5, 5.41) is 3.40. The zero-order chi connectivity index (χ0) is 13.5. The highest BCUT2D eigenvalue weighted by Crippen LogP contribution is 2.32. The van der Waals surface area contributed by atoms with Gasteiger partial charge in [-0.15, -0.1) is 0 Å². The summed E-state index contributed by atoms with van der Waals surface area (Å²) in [5.74, 6) is 0. The first-order chi connectivity index (χ1) is 9.35. The van der Waals surface area contributed by atoms with E-state index in [-0.39, 0.29) is 12.1 Å². The van der Waals surface area contributed by atoms with Crippen LogP contribution in [-0.4, -0.2) is 32.9 Å². The number of aryl methyl sites for hydroxylation is 1. The second-order valence-electron chi connectivity index (χ2n) is 5.12. The van der Waals surface area contributed by atoms with Crippen LogP contribution in [-0.2, 0) is 15.9 Å². The number of nitrogens with one attached hydrogen (secondary N) is 1. The molecule has 1 aromatic rings. The van der Waals surface area contributed by atoms with Gasteiger partial charge in [-0.05, 0) is 36.9 Å². The van der Waals surface area contributed by atoms with E-state index < -0.39 is 0 Å². The molecule has 106 valence electrons. The topological polar surface area (TPSA) is 30.5 Å². The second kappa shape index (κ2) is 7.63. The molecule has 2 atom stereocenters. The molecule has 2 rings (SSSR count). The van der Waals surface area contributed by atoms with E-state index in [2.05, 4.69) is 36.5 Å². The fraction of sp³-hybridized carbons (Fsp3) is 0.625. The Morgan fingerprint density at radius 1 is 1.32 bits per heavy atom. The molecule has 0 fully saturated rings. The minimum atomic E-state index is 0.253. The van der Waals surface area contributed by atoms with E-state index in [0.717, 1.165) is 13.0 Å². The van der Waals surface area contributed by atoms with Crippen molar-refractivity contribution in [2.75, 3.05) is 26.9 Å². The Bertz CT molecular complexity index is 375. The van der Waals surface area contributed by atoms with E-state index in [9.17, 15) is 0 Å². The van der Waals surface area contributed by atoms with Crippen LogP contribution >= 0.6 is 0 Å². The lowest BCUT2D eigenvalue weighted by Gasteiger charge is -2.27. The van der Waals surface area contributed by atoms with Crippen LogP contribution < -0.4 is 5.32 Å². The average Bonchev–Trinajstić information content (AvgIpc) is 2.45. The van der Waals surface area contributed by atoms with Gasteiger partial charge in [0.05, 0.1) is 25.4 Å². The summed E-state index contributed by atoms with van der Waals surface area (Å²) in [7, 11) is 1.74.